The molecule has 1 aromatic rings. The first-order valence-electron chi connectivity index (χ1n) is 11.2. The van der Waals surface area contributed by atoms with Gasteiger partial charge in [-0.3, -0.25) is 0 Å². The molecule has 0 aromatic heterocycles. The van der Waals surface area contributed by atoms with E-state index in [0.29, 0.717) is 5.92 Å². The van der Waals surface area contributed by atoms with Crippen LogP contribution in [0.3, 0.4) is 0 Å². The van der Waals surface area contributed by atoms with Gasteiger partial charge in [0.2, 0.25) is 0 Å². The number of carbonyl (C=O) groups is 1. The Morgan fingerprint density at radius 3 is 2.54 bits per heavy atom. The van der Waals surface area contributed by atoms with Crippen LogP contribution in [0.2, 0.25) is 0 Å². The van der Waals surface area contributed by atoms with Crippen LogP contribution in [0.5, 0.6) is 0 Å². The molecule has 0 heterocycles. The lowest BCUT2D eigenvalue weighted by Gasteiger charge is -2.33. The highest BCUT2D eigenvalue weighted by Crippen LogP contribution is 2.42. The van der Waals surface area contributed by atoms with Crippen LogP contribution in [0, 0.1) is 17.8 Å². The van der Waals surface area contributed by atoms with E-state index in [9.17, 15) is 4.79 Å². The van der Waals surface area contributed by atoms with Gasteiger partial charge in [-0.05, 0) is 85.3 Å². The van der Waals surface area contributed by atoms with E-state index in [2.05, 4.69) is 39.0 Å². The number of hydrogen-bond donors (Lipinski definition) is 0. The second-order valence-corrected chi connectivity index (χ2v) is 9.17. The third-order valence-corrected chi connectivity index (χ3v) is 7.38. The van der Waals surface area contributed by atoms with Crippen molar-refractivity contribution in [1.29, 1.82) is 0 Å². The van der Waals surface area contributed by atoms with Crippen molar-refractivity contribution in [2.24, 2.45) is 17.8 Å². The van der Waals surface area contributed by atoms with E-state index < -0.39 is 0 Å². The van der Waals surface area contributed by atoms with Crippen LogP contribution in [0.4, 0.5) is 0 Å². The summed E-state index contributed by atoms with van der Waals surface area (Å²) in [5.74, 6) is 3.12. The minimum atomic E-state index is 0.127. The van der Waals surface area contributed by atoms with E-state index in [1.807, 2.05) is 0 Å². The quantitative estimate of drug-likeness (QED) is 0.480. The third-order valence-electron chi connectivity index (χ3n) is 7.38. The van der Waals surface area contributed by atoms with Gasteiger partial charge in [0.05, 0.1) is 0 Å². The molecule has 1 fully saturated rings. The molecule has 0 N–H and O–H groups in total. The lowest BCUT2D eigenvalue weighted by molar-refractivity contribution is -0.110. The van der Waals surface area contributed by atoms with E-state index in [1.165, 1.54) is 81.6 Å². The van der Waals surface area contributed by atoms with Gasteiger partial charge in [-0.2, -0.15) is 0 Å². The van der Waals surface area contributed by atoms with Gasteiger partial charge in [0.15, 0.2) is 0 Å². The molecule has 2 aliphatic carbocycles. The molecular formula is C25H38O. The molecule has 1 heteroatoms. The monoisotopic (exact) mass is 354 g/mol. The molecule has 1 saturated carbocycles. The van der Waals surface area contributed by atoms with Crippen molar-refractivity contribution in [2.75, 3.05) is 0 Å². The zero-order valence-corrected chi connectivity index (χ0v) is 17.2. The summed E-state index contributed by atoms with van der Waals surface area (Å²) in [4.78, 5) is 11.9. The maximum absolute atomic E-state index is 11.9. The predicted octanol–water partition coefficient (Wildman–Crippen LogP) is 7.04. The van der Waals surface area contributed by atoms with Crippen LogP contribution in [0.1, 0.15) is 107 Å². The van der Waals surface area contributed by atoms with E-state index in [4.69, 9.17) is 0 Å². The molecule has 1 aromatic carbocycles. The Hall–Kier alpha value is -1.11. The summed E-state index contributed by atoms with van der Waals surface area (Å²) in [5, 5.41) is 0. The molecular weight excluding hydrogens is 316 g/mol. The first kappa shape index (κ1) is 19.6. The van der Waals surface area contributed by atoms with Gasteiger partial charge in [-0.15, -0.1) is 0 Å². The number of aryl methyl sites for hydroxylation is 1. The van der Waals surface area contributed by atoms with Crippen molar-refractivity contribution >= 4 is 6.29 Å². The Bertz CT molecular complexity index is 582. The number of hydrogen-bond acceptors (Lipinski definition) is 1. The summed E-state index contributed by atoms with van der Waals surface area (Å²) >= 11 is 0. The third kappa shape index (κ3) is 4.41. The largest absolute Gasteiger partial charge is 0.303 e. The highest BCUT2D eigenvalue weighted by molar-refractivity contribution is 5.65. The summed E-state index contributed by atoms with van der Waals surface area (Å²) in [6.07, 6.45) is 14.3. The Morgan fingerprint density at radius 1 is 1.12 bits per heavy atom. The van der Waals surface area contributed by atoms with Crippen molar-refractivity contribution in [3.05, 3.63) is 34.9 Å². The molecule has 1 nitrogen and oxygen atoms in total. The molecule has 0 spiro atoms. The number of carbonyl (C=O) groups excluding carboxylic acids is 1. The van der Waals surface area contributed by atoms with Crippen LogP contribution in [0.15, 0.2) is 18.2 Å². The Kier molecular flexibility index (Phi) is 6.95. The van der Waals surface area contributed by atoms with E-state index in [0.717, 1.165) is 17.8 Å². The SMILES string of the molecule is CCCC1CCC(c2ccc3c(c2)CC[C@@H](CC(C)CC)[C@@H]3C=O)CC1. The second kappa shape index (κ2) is 9.20. The van der Waals surface area contributed by atoms with E-state index in [-0.39, 0.29) is 5.92 Å². The fourth-order valence-corrected chi connectivity index (χ4v) is 5.52. The fraction of sp³-hybridized carbons (Fsp3) is 0.720. The normalized spacial score (nSPS) is 29.8. The lowest BCUT2D eigenvalue weighted by Crippen LogP contribution is -2.24. The molecule has 0 radical (unpaired) electrons. The smallest absolute Gasteiger partial charge is 0.127 e. The van der Waals surface area contributed by atoms with Crippen molar-refractivity contribution in [3.63, 3.8) is 0 Å². The number of benzene rings is 1. The summed E-state index contributed by atoms with van der Waals surface area (Å²) in [5.41, 5.74) is 4.35. The minimum Gasteiger partial charge on any atom is -0.303 e. The van der Waals surface area contributed by atoms with Gasteiger partial charge >= 0.3 is 0 Å². The number of fused-ring (bicyclic) bond motifs is 1. The van der Waals surface area contributed by atoms with Crippen LogP contribution in [-0.4, -0.2) is 6.29 Å². The van der Waals surface area contributed by atoms with Crippen molar-refractivity contribution in [2.45, 2.75) is 96.8 Å². The van der Waals surface area contributed by atoms with Crippen LogP contribution < -0.4 is 0 Å². The average molecular weight is 355 g/mol. The highest BCUT2D eigenvalue weighted by Gasteiger charge is 2.31. The van der Waals surface area contributed by atoms with E-state index in [1.54, 1.807) is 5.56 Å². The lowest BCUT2D eigenvalue weighted by atomic mass is 9.71. The van der Waals surface area contributed by atoms with Gasteiger partial charge in [-0.1, -0.05) is 58.2 Å². The molecule has 0 saturated heterocycles. The Morgan fingerprint density at radius 2 is 1.88 bits per heavy atom. The van der Waals surface area contributed by atoms with Crippen molar-refractivity contribution in [3.8, 4) is 0 Å². The van der Waals surface area contributed by atoms with Gasteiger partial charge in [-0.25, -0.2) is 0 Å². The maximum Gasteiger partial charge on any atom is 0.127 e. The first-order chi connectivity index (χ1) is 12.7. The van der Waals surface area contributed by atoms with E-state index >= 15 is 0 Å². The van der Waals surface area contributed by atoms with Gasteiger partial charge < -0.3 is 4.79 Å². The second-order valence-electron chi connectivity index (χ2n) is 9.17. The van der Waals surface area contributed by atoms with Crippen molar-refractivity contribution in [1.82, 2.24) is 0 Å². The summed E-state index contributed by atoms with van der Waals surface area (Å²) < 4.78 is 0. The molecule has 0 bridgehead atoms. The number of rotatable bonds is 7. The average Bonchev–Trinajstić information content (AvgIpc) is 2.68. The molecule has 0 aliphatic heterocycles. The molecule has 1 unspecified atom stereocenters. The minimum absolute atomic E-state index is 0.127. The highest BCUT2D eigenvalue weighted by atomic mass is 16.1. The molecule has 26 heavy (non-hydrogen) atoms. The Balaban J connectivity index is 1.70. The van der Waals surface area contributed by atoms with Crippen LogP contribution >= 0.6 is 0 Å². The van der Waals surface area contributed by atoms with Gasteiger partial charge in [0, 0.05) is 5.92 Å². The predicted molar refractivity (Wildman–Crippen MR) is 111 cm³/mol. The summed E-state index contributed by atoms with van der Waals surface area (Å²) in [6, 6.07) is 7.13. The number of aldehydes is 1. The molecule has 3 rings (SSSR count). The van der Waals surface area contributed by atoms with Crippen LogP contribution in [0.25, 0.3) is 0 Å². The topological polar surface area (TPSA) is 17.1 Å². The Labute approximate surface area is 161 Å². The zero-order chi connectivity index (χ0) is 18.5. The molecule has 0 amide bonds. The fourth-order valence-electron chi connectivity index (χ4n) is 5.52. The molecule has 144 valence electrons. The molecule has 2 aliphatic rings. The maximum atomic E-state index is 11.9. The first-order valence-corrected chi connectivity index (χ1v) is 11.2. The van der Waals surface area contributed by atoms with Gasteiger partial charge in [0.25, 0.3) is 0 Å². The zero-order valence-electron chi connectivity index (χ0n) is 17.2. The van der Waals surface area contributed by atoms with Crippen molar-refractivity contribution < 1.29 is 4.79 Å². The summed E-state index contributed by atoms with van der Waals surface area (Å²) in [7, 11) is 0. The van der Waals surface area contributed by atoms with Gasteiger partial charge in [0.1, 0.15) is 6.29 Å². The summed E-state index contributed by atoms with van der Waals surface area (Å²) in [6.45, 7) is 6.90. The van der Waals surface area contributed by atoms with Crippen LogP contribution in [-0.2, 0) is 11.2 Å². The molecule has 3 atom stereocenters. The standard InChI is InChI=1S/C25H38O/c1-4-6-19-7-9-20(10-8-19)21-13-14-24-23(16-21)12-11-22(25(24)17-26)15-18(3)5-2/h13-14,16-20,22,25H,4-12,15H2,1-3H3/t18?,19?,20?,22-,25-/m0/s1.